The zero-order valence-corrected chi connectivity index (χ0v) is 15.6. The molecule has 0 spiro atoms. The maximum absolute atomic E-state index is 6.53. The molecular formula is C19H34ClN. The SMILES string of the molecule is C=C/C(=C(\C(Cl)=C/C)N(CCC)CCCC(C)C)C(C)C. The third kappa shape index (κ3) is 7.22. The van der Waals surface area contributed by atoms with E-state index in [1.54, 1.807) is 0 Å². The normalized spacial score (nSPS) is 13.7. The Labute approximate surface area is 137 Å². The monoisotopic (exact) mass is 311 g/mol. The van der Waals surface area contributed by atoms with E-state index in [2.05, 4.69) is 46.1 Å². The molecule has 0 aromatic heterocycles. The molecule has 0 aliphatic heterocycles. The summed E-state index contributed by atoms with van der Waals surface area (Å²) >= 11 is 6.53. The van der Waals surface area contributed by atoms with Gasteiger partial charge in [0.15, 0.2) is 0 Å². The van der Waals surface area contributed by atoms with Crippen molar-refractivity contribution in [2.75, 3.05) is 13.1 Å². The first-order valence-corrected chi connectivity index (χ1v) is 8.70. The van der Waals surface area contributed by atoms with E-state index in [0.29, 0.717) is 5.92 Å². The largest absolute Gasteiger partial charge is 0.370 e. The molecule has 0 atom stereocenters. The topological polar surface area (TPSA) is 3.24 Å². The first kappa shape index (κ1) is 20.3. The van der Waals surface area contributed by atoms with Crippen molar-refractivity contribution in [3.63, 3.8) is 0 Å². The molecule has 0 aromatic carbocycles. The molecule has 0 bridgehead atoms. The molecule has 0 fully saturated rings. The van der Waals surface area contributed by atoms with Crippen molar-refractivity contribution in [3.8, 4) is 0 Å². The molecule has 21 heavy (non-hydrogen) atoms. The van der Waals surface area contributed by atoms with Crippen LogP contribution in [-0.4, -0.2) is 18.0 Å². The number of allylic oxidation sites excluding steroid dienone is 4. The van der Waals surface area contributed by atoms with Gasteiger partial charge in [0.25, 0.3) is 0 Å². The Bertz CT molecular complexity index is 364. The Hall–Kier alpha value is -0.690. The molecule has 0 radical (unpaired) electrons. The highest BCUT2D eigenvalue weighted by atomic mass is 35.5. The molecular weight excluding hydrogens is 278 g/mol. The van der Waals surface area contributed by atoms with Crippen molar-refractivity contribution in [2.24, 2.45) is 11.8 Å². The van der Waals surface area contributed by atoms with Crippen LogP contribution in [0.2, 0.25) is 0 Å². The molecule has 0 aliphatic rings. The molecule has 0 saturated heterocycles. The third-order valence-corrected chi connectivity index (χ3v) is 4.01. The van der Waals surface area contributed by atoms with Crippen LogP contribution >= 0.6 is 11.6 Å². The van der Waals surface area contributed by atoms with Crippen molar-refractivity contribution in [1.29, 1.82) is 0 Å². The first-order valence-electron chi connectivity index (χ1n) is 8.32. The van der Waals surface area contributed by atoms with Gasteiger partial charge in [0.05, 0.1) is 10.7 Å². The van der Waals surface area contributed by atoms with Crippen LogP contribution in [-0.2, 0) is 0 Å². The van der Waals surface area contributed by atoms with E-state index in [0.717, 1.165) is 30.5 Å². The van der Waals surface area contributed by atoms with Gasteiger partial charge in [0, 0.05) is 13.1 Å². The van der Waals surface area contributed by atoms with Gasteiger partial charge < -0.3 is 4.90 Å². The minimum atomic E-state index is 0.427. The fraction of sp³-hybridized carbons (Fsp3) is 0.684. The number of nitrogens with zero attached hydrogens (tertiary/aromatic N) is 1. The van der Waals surface area contributed by atoms with Crippen LogP contribution in [0.25, 0.3) is 0 Å². The molecule has 122 valence electrons. The zero-order valence-electron chi connectivity index (χ0n) is 14.9. The zero-order chi connectivity index (χ0) is 16.4. The number of rotatable bonds is 10. The lowest BCUT2D eigenvalue weighted by Crippen LogP contribution is -2.27. The summed E-state index contributed by atoms with van der Waals surface area (Å²) in [5.74, 6) is 1.18. The minimum absolute atomic E-state index is 0.427. The van der Waals surface area contributed by atoms with Crippen LogP contribution in [0.4, 0.5) is 0 Å². The molecule has 0 unspecified atom stereocenters. The number of hydrogen-bond acceptors (Lipinski definition) is 1. The highest BCUT2D eigenvalue weighted by molar-refractivity contribution is 6.32. The van der Waals surface area contributed by atoms with Crippen LogP contribution in [0.15, 0.2) is 35.0 Å². The van der Waals surface area contributed by atoms with Crippen molar-refractivity contribution >= 4 is 11.6 Å². The summed E-state index contributed by atoms with van der Waals surface area (Å²) in [6.07, 6.45) is 7.55. The Morgan fingerprint density at radius 2 is 1.81 bits per heavy atom. The van der Waals surface area contributed by atoms with Gasteiger partial charge in [-0.2, -0.15) is 0 Å². The first-order chi connectivity index (χ1) is 9.88. The summed E-state index contributed by atoms with van der Waals surface area (Å²) in [4.78, 5) is 2.45. The lowest BCUT2D eigenvalue weighted by atomic mass is 9.99. The Kier molecular flexibility index (Phi) is 10.6. The smallest absolute Gasteiger partial charge is 0.0599 e. The van der Waals surface area contributed by atoms with Crippen LogP contribution in [0.3, 0.4) is 0 Å². The summed E-state index contributed by atoms with van der Waals surface area (Å²) in [6, 6.07) is 0. The number of halogens is 1. The molecule has 0 N–H and O–H groups in total. The van der Waals surface area contributed by atoms with Crippen LogP contribution in [0.1, 0.15) is 60.8 Å². The van der Waals surface area contributed by atoms with E-state index in [1.807, 2.05) is 19.1 Å². The predicted molar refractivity (Wildman–Crippen MR) is 97.6 cm³/mol. The Morgan fingerprint density at radius 3 is 2.19 bits per heavy atom. The number of hydrogen-bond donors (Lipinski definition) is 0. The lowest BCUT2D eigenvalue weighted by Gasteiger charge is -2.30. The second-order valence-electron chi connectivity index (χ2n) is 6.32. The van der Waals surface area contributed by atoms with E-state index in [1.165, 1.54) is 24.1 Å². The molecule has 1 nitrogen and oxygen atoms in total. The second kappa shape index (κ2) is 11.0. The van der Waals surface area contributed by atoms with E-state index in [9.17, 15) is 0 Å². The highest BCUT2D eigenvalue weighted by Gasteiger charge is 2.17. The predicted octanol–water partition coefficient (Wildman–Crippen LogP) is 6.37. The average Bonchev–Trinajstić information content (AvgIpc) is 2.42. The summed E-state index contributed by atoms with van der Waals surface area (Å²) in [7, 11) is 0. The van der Waals surface area contributed by atoms with Gasteiger partial charge in [0.2, 0.25) is 0 Å². The fourth-order valence-electron chi connectivity index (χ4n) is 2.51. The molecule has 2 heteroatoms. The summed E-state index contributed by atoms with van der Waals surface area (Å²) in [6.45, 7) is 19.3. The van der Waals surface area contributed by atoms with Crippen molar-refractivity contribution in [2.45, 2.75) is 60.8 Å². The minimum Gasteiger partial charge on any atom is -0.370 e. The van der Waals surface area contributed by atoms with E-state index in [4.69, 9.17) is 11.6 Å². The van der Waals surface area contributed by atoms with Gasteiger partial charge in [-0.3, -0.25) is 0 Å². The van der Waals surface area contributed by atoms with Crippen LogP contribution in [0, 0.1) is 11.8 Å². The average molecular weight is 312 g/mol. The van der Waals surface area contributed by atoms with Gasteiger partial charge in [-0.15, -0.1) is 0 Å². The summed E-state index contributed by atoms with van der Waals surface area (Å²) in [5, 5.41) is 0.844. The van der Waals surface area contributed by atoms with E-state index >= 15 is 0 Å². The maximum Gasteiger partial charge on any atom is 0.0599 e. The molecule has 0 heterocycles. The standard InChI is InChI=1S/C19H34ClN/c1-8-13-21(14-11-12-15(4)5)19(18(20)10-3)17(9-2)16(6)7/h9-10,15-16H,2,8,11-14H2,1,3-7H3/b18-10+,19-17-. The molecule has 0 saturated carbocycles. The Morgan fingerprint density at radius 1 is 1.19 bits per heavy atom. The van der Waals surface area contributed by atoms with Crippen molar-refractivity contribution in [1.82, 2.24) is 4.90 Å². The van der Waals surface area contributed by atoms with E-state index < -0.39 is 0 Å². The van der Waals surface area contributed by atoms with Gasteiger partial charge in [-0.1, -0.05) is 65.0 Å². The Balaban J connectivity index is 5.44. The van der Waals surface area contributed by atoms with Gasteiger partial charge in [-0.05, 0) is 43.6 Å². The molecule has 0 aromatic rings. The van der Waals surface area contributed by atoms with Crippen LogP contribution in [0.5, 0.6) is 0 Å². The highest BCUT2D eigenvalue weighted by Crippen LogP contribution is 2.28. The quantitative estimate of drug-likeness (QED) is 0.423. The lowest BCUT2D eigenvalue weighted by molar-refractivity contribution is 0.329. The van der Waals surface area contributed by atoms with Gasteiger partial charge in [-0.25, -0.2) is 0 Å². The second-order valence-corrected chi connectivity index (χ2v) is 6.73. The van der Waals surface area contributed by atoms with Crippen molar-refractivity contribution < 1.29 is 0 Å². The summed E-state index contributed by atoms with van der Waals surface area (Å²) in [5.41, 5.74) is 2.42. The van der Waals surface area contributed by atoms with E-state index in [-0.39, 0.29) is 0 Å². The third-order valence-electron chi connectivity index (χ3n) is 3.61. The van der Waals surface area contributed by atoms with Gasteiger partial charge >= 0.3 is 0 Å². The fourth-order valence-corrected chi connectivity index (χ4v) is 2.74. The van der Waals surface area contributed by atoms with Crippen LogP contribution < -0.4 is 0 Å². The van der Waals surface area contributed by atoms with Crippen molar-refractivity contribution in [3.05, 3.63) is 35.0 Å². The molecule has 0 amide bonds. The molecule has 0 rings (SSSR count). The summed E-state index contributed by atoms with van der Waals surface area (Å²) < 4.78 is 0. The maximum atomic E-state index is 6.53. The molecule has 0 aliphatic carbocycles. The van der Waals surface area contributed by atoms with Gasteiger partial charge in [0.1, 0.15) is 0 Å².